The topological polar surface area (TPSA) is 175 Å². The van der Waals surface area contributed by atoms with Gasteiger partial charge in [0, 0.05) is 33.3 Å². The number of hydrogen-bond acceptors (Lipinski definition) is 9. The van der Waals surface area contributed by atoms with Crippen molar-refractivity contribution in [1.82, 2.24) is 10.7 Å². The van der Waals surface area contributed by atoms with Crippen molar-refractivity contribution in [2.24, 2.45) is 11.0 Å². The zero-order valence-corrected chi connectivity index (χ0v) is 27.3. The summed E-state index contributed by atoms with van der Waals surface area (Å²) >= 11 is 12.3. The minimum atomic E-state index is -1.11. The van der Waals surface area contributed by atoms with Crippen LogP contribution in [0.25, 0.3) is 0 Å². The summed E-state index contributed by atoms with van der Waals surface area (Å²) in [6.45, 7) is 9.79. The SMILES string of the molecule is C=CCc1cc(/C=N\NC(=O)[C@@H](CC(C)C)NC(=O)c2cc([N+](=O)[O-])cc([N+](=O)[O-])c2)cc(OCC)c1OCc1ccc(Cl)cc1Cl. The Kier molecular flexibility index (Phi) is 13.2. The molecule has 1 atom stereocenters. The first kappa shape index (κ1) is 36.5. The maximum atomic E-state index is 13.1. The van der Waals surface area contributed by atoms with Crippen LogP contribution in [0.3, 0.4) is 0 Å². The summed E-state index contributed by atoms with van der Waals surface area (Å²) in [7, 11) is 0. The fourth-order valence-corrected chi connectivity index (χ4v) is 4.87. The standard InChI is InChI=1S/C32H33Cl2N5O8/c1-5-7-21-11-20(12-29(46-6-2)30(21)47-18-22-8-9-24(33)15-27(22)34)17-35-37-32(41)28(10-19(3)4)36-31(40)23-13-25(38(42)43)16-26(14-23)39(44)45/h5,8-9,11-17,19,28H,1,6-7,10,18H2,2-4H3,(H,36,40)(H,37,41)/b35-17-/t28-/m1/s1. The molecule has 0 bridgehead atoms. The molecule has 47 heavy (non-hydrogen) atoms. The second-order valence-corrected chi connectivity index (χ2v) is 11.4. The molecule has 0 unspecified atom stereocenters. The summed E-state index contributed by atoms with van der Waals surface area (Å²) < 4.78 is 12.0. The summed E-state index contributed by atoms with van der Waals surface area (Å²) in [4.78, 5) is 46.9. The average Bonchev–Trinajstić information content (AvgIpc) is 3.00. The molecule has 0 spiro atoms. The van der Waals surface area contributed by atoms with Crippen molar-refractivity contribution < 1.29 is 28.9 Å². The van der Waals surface area contributed by atoms with Crippen molar-refractivity contribution >= 4 is 52.6 Å². The summed E-state index contributed by atoms with van der Waals surface area (Å²) in [5.41, 5.74) is 2.83. The van der Waals surface area contributed by atoms with E-state index in [1.807, 2.05) is 20.8 Å². The van der Waals surface area contributed by atoms with Gasteiger partial charge in [-0.25, -0.2) is 5.43 Å². The molecule has 3 rings (SSSR count). The van der Waals surface area contributed by atoms with Crippen molar-refractivity contribution in [3.05, 3.63) is 114 Å². The van der Waals surface area contributed by atoms with Crippen LogP contribution in [0, 0.1) is 26.1 Å². The van der Waals surface area contributed by atoms with Gasteiger partial charge in [0.05, 0.1) is 34.3 Å². The van der Waals surface area contributed by atoms with Gasteiger partial charge in [-0.05, 0) is 55.5 Å². The lowest BCUT2D eigenvalue weighted by Crippen LogP contribution is -2.46. The van der Waals surface area contributed by atoms with Gasteiger partial charge in [0.1, 0.15) is 12.6 Å². The Morgan fingerprint density at radius 2 is 1.68 bits per heavy atom. The van der Waals surface area contributed by atoms with Crippen LogP contribution in [-0.4, -0.2) is 40.5 Å². The van der Waals surface area contributed by atoms with E-state index in [9.17, 15) is 29.8 Å². The van der Waals surface area contributed by atoms with Crippen molar-refractivity contribution in [2.45, 2.75) is 46.3 Å². The van der Waals surface area contributed by atoms with Crippen molar-refractivity contribution in [2.75, 3.05) is 6.61 Å². The molecule has 0 aliphatic rings. The molecule has 3 aromatic rings. The molecule has 0 fully saturated rings. The lowest BCUT2D eigenvalue weighted by Gasteiger charge is -2.19. The van der Waals surface area contributed by atoms with Gasteiger partial charge in [-0.15, -0.1) is 6.58 Å². The number of carbonyl (C=O) groups excluding carboxylic acids is 2. The Bertz CT molecular complexity index is 1660. The second-order valence-electron chi connectivity index (χ2n) is 10.6. The molecule has 13 nitrogen and oxygen atoms in total. The van der Waals surface area contributed by atoms with E-state index >= 15 is 0 Å². The van der Waals surface area contributed by atoms with Gasteiger partial charge in [-0.2, -0.15) is 5.10 Å². The van der Waals surface area contributed by atoms with Gasteiger partial charge < -0.3 is 14.8 Å². The van der Waals surface area contributed by atoms with Crippen molar-refractivity contribution in [1.29, 1.82) is 0 Å². The van der Waals surface area contributed by atoms with Crippen LogP contribution in [0.5, 0.6) is 11.5 Å². The number of benzene rings is 3. The number of allylic oxidation sites excluding steroid dienone is 1. The minimum Gasteiger partial charge on any atom is -0.490 e. The number of nitrogens with zero attached hydrogens (tertiary/aromatic N) is 3. The van der Waals surface area contributed by atoms with Crippen LogP contribution < -0.4 is 20.2 Å². The van der Waals surface area contributed by atoms with Crippen LogP contribution in [-0.2, 0) is 17.8 Å². The molecule has 2 N–H and O–H groups in total. The largest absolute Gasteiger partial charge is 0.490 e. The highest BCUT2D eigenvalue weighted by molar-refractivity contribution is 6.35. The van der Waals surface area contributed by atoms with Gasteiger partial charge in [0.25, 0.3) is 23.2 Å². The van der Waals surface area contributed by atoms with E-state index in [2.05, 4.69) is 22.4 Å². The van der Waals surface area contributed by atoms with Crippen molar-refractivity contribution in [3.63, 3.8) is 0 Å². The zero-order chi connectivity index (χ0) is 34.7. The van der Waals surface area contributed by atoms with Gasteiger partial charge >= 0.3 is 0 Å². The number of non-ortho nitro benzene ring substituents is 2. The van der Waals surface area contributed by atoms with Gasteiger partial charge in [0.15, 0.2) is 11.5 Å². The van der Waals surface area contributed by atoms with Crippen LogP contribution in [0.4, 0.5) is 11.4 Å². The van der Waals surface area contributed by atoms with E-state index < -0.39 is 39.1 Å². The number of halogens is 2. The Balaban J connectivity index is 1.82. The number of nitrogens with one attached hydrogen (secondary N) is 2. The Morgan fingerprint density at radius 1 is 1.00 bits per heavy atom. The van der Waals surface area contributed by atoms with Gasteiger partial charge in [0.2, 0.25) is 0 Å². The first-order valence-corrected chi connectivity index (χ1v) is 15.1. The first-order valence-electron chi connectivity index (χ1n) is 14.4. The molecule has 15 heteroatoms. The van der Waals surface area contributed by atoms with Crippen molar-refractivity contribution in [3.8, 4) is 11.5 Å². The molecule has 248 valence electrons. The lowest BCUT2D eigenvalue weighted by molar-refractivity contribution is -0.394. The number of hydrazone groups is 1. The Hall–Kier alpha value is -5.01. The van der Waals surface area contributed by atoms with E-state index in [4.69, 9.17) is 32.7 Å². The van der Waals surface area contributed by atoms with Crippen LogP contribution in [0.15, 0.2) is 66.3 Å². The highest BCUT2D eigenvalue weighted by Gasteiger charge is 2.25. The normalized spacial score (nSPS) is 11.6. The number of rotatable bonds is 16. The van der Waals surface area contributed by atoms with E-state index in [1.54, 1.807) is 36.4 Å². The summed E-state index contributed by atoms with van der Waals surface area (Å²) in [6.07, 6.45) is 3.71. The molecule has 0 saturated heterocycles. The molecule has 0 heterocycles. The second kappa shape index (κ2) is 17.1. The quantitative estimate of drug-likeness (QED) is 0.0715. The number of ether oxygens (including phenoxy) is 2. The minimum absolute atomic E-state index is 0.0556. The number of amides is 2. The third kappa shape index (κ3) is 10.5. The third-order valence-electron chi connectivity index (χ3n) is 6.51. The number of carbonyl (C=O) groups is 2. The molecule has 0 radical (unpaired) electrons. The maximum Gasteiger partial charge on any atom is 0.277 e. The fourth-order valence-electron chi connectivity index (χ4n) is 4.41. The van der Waals surface area contributed by atoms with Crippen LogP contribution in [0.1, 0.15) is 54.2 Å². The average molecular weight is 687 g/mol. The molecular weight excluding hydrogens is 653 g/mol. The predicted octanol–water partition coefficient (Wildman–Crippen LogP) is 6.81. The van der Waals surface area contributed by atoms with E-state index in [1.165, 1.54) is 6.21 Å². The molecular formula is C32H33Cl2N5O8. The first-order chi connectivity index (χ1) is 22.3. The summed E-state index contributed by atoms with van der Waals surface area (Å²) in [6, 6.07) is 10.0. The molecule has 0 aromatic heterocycles. The lowest BCUT2D eigenvalue weighted by atomic mass is 10.0. The zero-order valence-electron chi connectivity index (χ0n) is 25.8. The highest BCUT2D eigenvalue weighted by Crippen LogP contribution is 2.35. The monoisotopic (exact) mass is 685 g/mol. The molecule has 0 aliphatic carbocycles. The number of hydrogen-bond donors (Lipinski definition) is 2. The van der Waals surface area contributed by atoms with Crippen LogP contribution >= 0.6 is 23.2 Å². The summed E-state index contributed by atoms with van der Waals surface area (Å²) in [5, 5.41) is 30.0. The Labute approximate surface area is 280 Å². The van der Waals surface area contributed by atoms with E-state index in [0.717, 1.165) is 29.3 Å². The molecule has 0 aliphatic heterocycles. The fraction of sp³-hybridized carbons (Fsp3) is 0.281. The number of nitro benzene ring substituents is 2. The molecule has 2 amide bonds. The Morgan fingerprint density at radius 3 is 2.26 bits per heavy atom. The van der Waals surface area contributed by atoms with Crippen LogP contribution in [0.2, 0.25) is 10.0 Å². The van der Waals surface area contributed by atoms with Gasteiger partial charge in [-0.1, -0.05) is 49.2 Å². The van der Waals surface area contributed by atoms with E-state index in [-0.39, 0.29) is 24.5 Å². The third-order valence-corrected chi connectivity index (χ3v) is 7.10. The maximum absolute atomic E-state index is 13.1. The van der Waals surface area contributed by atoms with Gasteiger partial charge in [-0.3, -0.25) is 29.8 Å². The number of nitro groups is 2. The summed E-state index contributed by atoms with van der Waals surface area (Å²) in [5.74, 6) is -0.701. The highest BCUT2D eigenvalue weighted by atomic mass is 35.5. The molecule has 3 aromatic carbocycles. The predicted molar refractivity (Wildman–Crippen MR) is 179 cm³/mol. The molecule has 0 saturated carbocycles. The van der Waals surface area contributed by atoms with E-state index in [0.29, 0.717) is 40.1 Å². The smallest absolute Gasteiger partial charge is 0.277 e.